The van der Waals surface area contributed by atoms with Gasteiger partial charge in [0.05, 0.1) is 6.10 Å². The zero-order valence-corrected chi connectivity index (χ0v) is 12.3. The van der Waals surface area contributed by atoms with Gasteiger partial charge >= 0.3 is 0 Å². The van der Waals surface area contributed by atoms with Crippen molar-refractivity contribution in [1.82, 2.24) is 5.32 Å². The van der Waals surface area contributed by atoms with Crippen molar-refractivity contribution < 1.29 is 4.74 Å². The maximum atomic E-state index is 6.01. The predicted molar refractivity (Wildman–Crippen MR) is 79.3 cm³/mol. The Morgan fingerprint density at radius 1 is 1.26 bits per heavy atom. The van der Waals surface area contributed by atoms with Gasteiger partial charge in [0.1, 0.15) is 5.75 Å². The summed E-state index contributed by atoms with van der Waals surface area (Å²) in [5.74, 6) is 0.934. The van der Waals surface area contributed by atoms with E-state index in [0.717, 1.165) is 12.3 Å². The normalized spacial score (nSPS) is 19.0. The summed E-state index contributed by atoms with van der Waals surface area (Å²) < 4.78 is 5.69. The number of nitrogens with two attached hydrogens (primary N) is 1. The van der Waals surface area contributed by atoms with Crippen LogP contribution in [0.3, 0.4) is 0 Å². The fourth-order valence-corrected chi connectivity index (χ4v) is 3.08. The first-order chi connectivity index (χ1) is 9.11. The van der Waals surface area contributed by atoms with Crippen LogP contribution in [0, 0.1) is 5.41 Å². The first kappa shape index (κ1) is 14.4. The molecule has 1 aliphatic rings. The summed E-state index contributed by atoms with van der Waals surface area (Å²) in [6, 6.07) is 8.79. The molecule has 1 unspecified atom stereocenters. The lowest BCUT2D eigenvalue weighted by Gasteiger charge is -2.47. The Morgan fingerprint density at radius 2 is 1.89 bits per heavy atom. The zero-order chi connectivity index (χ0) is 13.9. The molecule has 3 heteroatoms. The van der Waals surface area contributed by atoms with E-state index in [0.29, 0.717) is 6.04 Å². The molecule has 0 radical (unpaired) electrons. The second-order valence-electron chi connectivity index (χ2n) is 5.88. The third-order valence-corrected chi connectivity index (χ3v) is 4.24. The number of hydrogen-bond donors (Lipinski definition) is 2. The average Bonchev–Trinajstić information content (AvgIpc) is 2.34. The van der Waals surface area contributed by atoms with E-state index in [9.17, 15) is 0 Å². The van der Waals surface area contributed by atoms with E-state index < -0.39 is 0 Å². The lowest BCUT2D eigenvalue weighted by atomic mass is 9.62. The monoisotopic (exact) mass is 262 g/mol. The van der Waals surface area contributed by atoms with Crippen LogP contribution < -0.4 is 15.8 Å². The van der Waals surface area contributed by atoms with Crippen LogP contribution in [0.4, 0.5) is 0 Å². The summed E-state index contributed by atoms with van der Waals surface area (Å²) in [7, 11) is 2.03. The van der Waals surface area contributed by atoms with E-state index >= 15 is 0 Å². The topological polar surface area (TPSA) is 47.3 Å². The van der Waals surface area contributed by atoms with E-state index in [1.54, 1.807) is 0 Å². The van der Waals surface area contributed by atoms with E-state index in [1.807, 2.05) is 20.9 Å². The SMILES string of the molecule is CNC(c1ccc(OC(C)C)cc1)C1(CN)CCC1. The third-order valence-electron chi connectivity index (χ3n) is 4.24. The molecule has 106 valence electrons. The van der Waals surface area contributed by atoms with Crippen molar-refractivity contribution in [3.05, 3.63) is 29.8 Å². The van der Waals surface area contributed by atoms with Gasteiger partial charge in [0, 0.05) is 11.5 Å². The largest absolute Gasteiger partial charge is 0.491 e. The van der Waals surface area contributed by atoms with Crippen molar-refractivity contribution in [2.24, 2.45) is 11.1 Å². The van der Waals surface area contributed by atoms with Crippen LogP contribution in [0.1, 0.15) is 44.7 Å². The molecule has 0 saturated heterocycles. The molecular weight excluding hydrogens is 236 g/mol. The van der Waals surface area contributed by atoms with Crippen LogP contribution in [0.15, 0.2) is 24.3 Å². The van der Waals surface area contributed by atoms with E-state index in [1.165, 1.54) is 24.8 Å². The van der Waals surface area contributed by atoms with Crippen molar-refractivity contribution in [2.45, 2.75) is 45.3 Å². The molecule has 0 spiro atoms. The molecule has 3 nitrogen and oxygen atoms in total. The van der Waals surface area contributed by atoms with Gasteiger partial charge in [-0.15, -0.1) is 0 Å². The molecule has 1 fully saturated rings. The van der Waals surface area contributed by atoms with Gasteiger partial charge in [0.2, 0.25) is 0 Å². The third kappa shape index (κ3) is 2.93. The number of ether oxygens (including phenoxy) is 1. The first-order valence-corrected chi connectivity index (χ1v) is 7.25. The molecule has 19 heavy (non-hydrogen) atoms. The van der Waals surface area contributed by atoms with Crippen LogP contribution in [0.25, 0.3) is 0 Å². The van der Waals surface area contributed by atoms with Gasteiger partial charge in [-0.05, 0) is 58.0 Å². The molecule has 0 bridgehead atoms. The maximum absolute atomic E-state index is 6.01. The number of benzene rings is 1. The molecule has 1 aliphatic carbocycles. The Labute approximate surface area is 116 Å². The molecule has 1 saturated carbocycles. The Balaban J connectivity index is 2.15. The highest BCUT2D eigenvalue weighted by molar-refractivity contribution is 5.31. The van der Waals surface area contributed by atoms with E-state index in [4.69, 9.17) is 10.5 Å². The number of hydrogen-bond acceptors (Lipinski definition) is 3. The fraction of sp³-hybridized carbons (Fsp3) is 0.625. The van der Waals surface area contributed by atoms with Gasteiger partial charge in [-0.3, -0.25) is 0 Å². The highest BCUT2D eigenvalue weighted by Gasteiger charge is 2.42. The fourth-order valence-electron chi connectivity index (χ4n) is 3.08. The Hall–Kier alpha value is -1.06. The predicted octanol–water partition coefficient (Wildman–Crippen LogP) is 2.86. The summed E-state index contributed by atoms with van der Waals surface area (Å²) >= 11 is 0. The van der Waals surface area contributed by atoms with Crippen LogP contribution in [-0.4, -0.2) is 19.7 Å². The minimum Gasteiger partial charge on any atom is -0.491 e. The van der Waals surface area contributed by atoms with Crippen LogP contribution in [0.5, 0.6) is 5.75 Å². The summed E-state index contributed by atoms with van der Waals surface area (Å²) in [4.78, 5) is 0. The zero-order valence-electron chi connectivity index (χ0n) is 12.3. The first-order valence-electron chi connectivity index (χ1n) is 7.25. The van der Waals surface area contributed by atoms with Gasteiger partial charge in [0.25, 0.3) is 0 Å². The Bertz CT molecular complexity index is 390. The molecule has 1 aromatic carbocycles. The lowest BCUT2D eigenvalue weighted by Crippen LogP contribution is -2.47. The van der Waals surface area contributed by atoms with Gasteiger partial charge < -0.3 is 15.8 Å². The van der Waals surface area contributed by atoms with Crippen LogP contribution in [0.2, 0.25) is 0 Å². The molecule has 1 aromatic rings. The molecule has 0 heterocycles. The maximum Gasteiger partial charge on any atom is 0.119 e. The molecule has 0 aliphatic heterocycles. The average molecular weight is 262 g/mol. The Kier molecular flexibility index (Phi) is 4.48. The molecular formula is C16H26N2O. The second kappa shape index (κ2) is 5.93. The van der Waals surface area contributed by atoms with Crippen molar-refractivity contribution >= 4 is 0 Å². The lowest BCUT2D eigenvalue weighted by molar-refractivity contribution is 0.0879. The molecule has 3 N–H and O–H groups in total. The van der Waals surface area contributed by atoms with Crippen molar-refractivity contribution in [3.8, 4) is 5.75 Å². The van der Waals surface area contributed by atoms with Gasteiger partial charge in [-0.2, -0.15) is 0 Å². The highest BCUT2D eigenvalue weighted by atomic mass is 16.5. The molecule has 0 amide bonds. The van der Waals surface area contributed by atoms with Gasteiger partial charge in [0.15, 0.2) is 0 Å². The van der Waals surface area contributed by atoms with Crippen molar-refractivity contribution in [1.29, 1.82) is 0 Å². The summed E-state index contributed by atoms with van der Waals surface area (Å²) in [6.07, 6.45) is 3.95. The standard InChI is InChI=1S/C16H26N2O/c1-12(2)19-14-7-5-13(6-8-14)15(18-3)16(11-17)9-4-10-16/h5-8,12,15,18H,4,9-11,17H2,1-3H3. The molecule has 0 aromatic heterocycles. The van der Waals surface area contributed by atoms with Crippen LogP contribution >= 0.6 is 0 Å². The van der Waals surface area contributed by atoms with Crippen LogP contribution in [-0.2, 0) is 0 Å². The van der Waals surface area contributed by atoms with Crippen molar-refractivity contribution in [2.75, 3.05) is 13.6 Å². The van der Waals surface area contributed by atoms with Crippen molar-refractivity contribution in [3.63, 3.8) is 0 Å². The summed E-state index contributed by atoms with van der Waals surface area (Å²) in [6.45, 7) is 4.84. The smallest absolute Gasteiger partial charge is 0.119 e. The van der Waals surface area contributed by atoms with Gasteiger partial charge in [-0.1, -0.05) is 18.6 Å². The highest BCUT2D eigenvalue weighted by Crippen LogP contribution is 2.49. The summed E-state index contributed by atoms with van der Waals surface area (Å²) in [5, 5.41) is 3.45. The van der Waals surface area contributed by atoms with E-state index in [-0.39, 0.29) is 11.5 Å². The number of rotatable bonds is 6. The van der Waals surface area contributed by atoms with E-state index in [2.05, 4.69) is 29.6 Å². The molecule has 2 rings (SSSR count). The quantitative estimate of drug-likeness (QED) is 0.828. The number of nitrogens with one attached hydrogen (secondary N) is 1. The molecule has 1 atom stereocenters. The summed E-state index contributed by atoms with van der Waals surface area (Å²) in [5.41, 5.74) is 7.57. The van der Waals surface area contributed by atoms with Gasteiger partial charge in [-0.25, -0.2) is 0 Å². The second-order valence-corrected chi connectivity index (χ2v) is 5.88. The minimum absolute atomic E-state index is 0.216. The Morgan fingerprint density at radius 3 is 2.26 bits per heavy atom. The minimum atomic E-state index is 0.216.